The Hall–Kier alpha value is -3.27. The van der Waals surface area contributed by atoms with Crippen LogP contribution in [0.15, 0.2) is 54.6 Å². The van der Waals surface area contributed by atoms with Crippen molar-refractivity contribution in [2.75, 3.05) is 25.1 Å². The molecule has 0 unspecified atom stereocenters. The maximum Gasteiger partial charge on any atom is 1.00 e. The van der Waals surface area contributed by atoms with E-state index in [4.69, 9.17) is 18.9 Å². The summed E-state index contributed by atoms with van der Waals surface area (Å²) in [6, 6.07) is 16.3. The fourth-order valence-corrected chi connectivity index (χ4v) is 4.78. The van der Waals surface area contributed by atoms with Crippen LogP contribution < -0.4 is 49.1 Å². The monoisotopic (exact) mass is 513 g/mol. The fourth-order valence-electron chi connectivity index (χ4n) is 4.78. The molecule has 2 aliphatic heterocycles. The van der Waals surface area contributed by atoms with Crippen molar-refractivity contribution in [3.05, 3.63) is 71.5 Å². The predicted molar refractivity (Wildman–Crippen MR) is 132 cm³/mol. The van der Waals surface area contributed by atoms with E-state index in [2.05, 4.69) is 10.3 Å². The number of ether oxygens (including phenoxy) is 4. The van der Waals surface area contributed by atoms with Gasteiger partial charge in [0.25, 0.3) is 0 Å². The molecule has 1 aromatic heterocycles. The number of nitrogens with zero attached hydrogens (tertiary/aromatic N) is 2. The van der Waals surface area contributed by atoms with Gasteiger partial charge in [0, 0.05) is 35.9 Å². The Morgan fingerprint density at radius 2 is 2.03 bits per heavy atom. The van der Waals surface area contributed by atoms with Crippen LogP contribution in [0, 0.1) is 5.82 Å². The van der Waals surface area contributed by atoms with Gasteiger partial charge in [0.1, 0.15) is 30.5 Å². The third kappa shape index (κ3) is 4.63. The summed E-state index contributed by atoms with van der Waals surface area (Å²) in [5.41, 5.74) is 4.64. The van der Waals surface area contributed by atoms with Crippen LogP contribution in [-0.4, -0.2) is 35.3 Å². The molecule has 0 saturated heterocycles. The topological polar surface area (TPSA) is 83.8 Å². The number of carbonyl (C=O) groups is 1. The molecule has 0 aliphatic carbocycles. The molecule has 0 spiro atoms. The number of carbonyl (C=O) groups excluding carboxylic acids is 1. The second-order valence-corrected chi connectivity index (χ2v) is 8.66. The normalized spacial score (nSPS) is 17.3. The molecule has 1 N–H and O–H groups in total. The average Bonchev–Trinajstić information content (AvgIpc) is 3.54. The Morgan fingerprint density at radius 3 is 2.84 bits per heavy atom. The number of fused-ring (bicyclic) bond motifs is 3. The molecule has 3 heterocycles. The molecule has 0 saturated carbocycles. The van der Waals surface area contributed by atoms with Crippen LogP contribution in [0.5, 0.6) is 17.5 Å². The van der Waals surface area contributed by atoms with Crippen LogP contribution in [0.25, 0.3) is 16.7 Å². The van der Waals surface area contributed by atoms with Crippen molar-refractivity contribution in [1.29, 1.82) is 0 Å². The number of para-hydroxylation sites is 1. The number of hydrogen-bond acceptors (Lipinski definition) is 7. The molecule has 0 radical (unpaired) electrons. The third-order valence-electron chi connectivity index (χ3n) is 6.29. The van der Waals surface area contributed by atoms with E-state index in [1.165, 1.54) is 19.1 Å². The van der Waals surface area contributed by atoms with Gasteiger partial charge in [-0.05, 0) is 37.3 Å². The zero-order valence-corrected chi connectivity index (χ0v) is 22.8. The summed E-state index contributed by atoms with van der Waals surface area (Å²) in [6.45, 7) is 4.40. The fraction of sp³-hybridized carbons (Fsp3) is 0.259. The van der Waals surface area contributed by atoms with E-state index < -0.39 is 0 Å². The van der Waals surface area contributed by atoms with Crippen molar-refractivity contribution < 1.29 is 59.1 Å². The third-order valence-corrected chi connectivity index (χ3v) is 6.29. The van der Waals surface area contributed by atoms with Gasteiger partial charge in [-0.1, -0.05) is 12.1 Å². The van der Waals surface area contributed by atoms with Crippen LogP contribution in [0.1, 0.15) is 38.5 Å². The van der Waals surface area contributed by atoms with Gasteiger partial charge in [-0.2, -0.15) is 4.98 Å². The largest absolute Gasteiger partial charge is 1.00 e. The van der Waals surface area contributed by atoms with Crippen LogP contribution in [0.3, 0.4) is 0 Å². The van der Waals surface area contributed by atoms with Crippen LogP contribution in [-0.2, 0) is 9.53 Å². The quantitative estimate of drug-likeness (QED) is 0.313. The smallest absolute Gasteiger partial charge is 1.00 e. The minimum atomic E-state index is -0.390. The number of benzene rings is 3. The summed E-state index contributed by atoms with van der Waals surface area (Å²) in [7, 11) is 0. The minimum absolute atomic E-state index is 0. The van der Waals surface area contributed by atoms with Crippen LogP contribution in [0.2, 0.25) is 0 Å². The van der Waals surface area contributed by atoms with Crippen molar-refractivity contribution in [3.8, 4) is 23.2 Å². The van der Waals surface area contributed by atoms with E-state index >= 15 is 0 Å². The number of rotatable bonds is 6. The van der Waals surface area contributed by atoms with Gasteiger partial charge in [-0.25, -0.2) is 4.39 Å². The SMILES string of the molecule is CCOc1nc2ccc(F)cc2n1-c1cccc2c1OC[C@H]2Nc1ccc2c(c1)OC[C@H]2OC(C)=O.[H-].[Na+]. The number of hydrogen-bond donors (Lipinski definition) is 1. The zero-order valence-electron chi connectivity index (χ0n) is 21.8. The zero-order chi connectivity index (χ0) is 24.8. The van der Waals surface area contributed by atoms with Crippen LogP contribution in [0.4, 0.5) is 10.1 Å². The van der Waals surface area contributed by atoms with E-state index in [9.17, 15) is 9.18 Å². The summed E-state index contributed by atoms with van der Waals surface area (Å²) in [6.07, 6.45) is -0.390. The molecule has 2 atom stereocenters. The van der Waals surface area contributed by atoms with Crippen molar-refractivity contribution >= 4 is 22.7 Å². The number of anilines is 1. The number of nitrogens with one attached hydrogen (secondary N) is 1. The first-order chi connectivity index (χ1) is 17.5. The van der Waals surface area contributed by atoms with Crippen molar-refractivity contribution in [1.82, 2.24) is 9.55 Å². The van der Waals surface area contributed by atoms with E-state index in [0.29, 0.717) is 48.4 Å². The van der Waals surface area contributed by atoms with Gasteiger partial charge in [0.15, 0.2) is 6.10 Å². The van der Waals surface area contributed by atoms with E-state index in [1.54, 1.807) is 10.6 Å². The van der Waals surface area contributed by atoms with Crippen molar-refractivity contribution in [3.63, 3.8) is 0 Å². The molecule has 2 aliphatic rings. The minimum Gasteiger partial charge on any atom is -1.00 e. The molecule has 0 bridgehead atoms. The Balaban J connectivity index is 0.00000168. The maximum atomic E-state index is 14.1. The Morgan fingerprint density at radius 1 is 1.16 bits per heavy atom. The average molecular weight is 514 g/mol. The number of aromatic nitrogens is 2. The van der Waals surface area contributed by atoms with Crippen molar-refractivity contribution in [2.45, 2.75) is 26.0 Å². The molecule has 8 nitrogen and oxygen atoms in total. The summed E-state index contributed by atoms with van der Waals surface area (Å²) in [5.74, 6) is 0.684. The van der Waals surface area contributed by atoms with Gasteiger partial charge >= 0.3 is 41.5 Å². The van der Waals surface area contributed by atoms with Gasteiger partial charge in [0.05, 0.1) is 29.4 Å². The van der Waals surface area contributed by atoms with Gasteiger partial charge in [-0.15, -0.1) is 0 Å². The standard InChI is InChI=1S/C27H24FN3O5.Na.H/c1-3-33-27-30-20-10-7-16(28)11-23(20)31(27)22-6-4-5-18-21(13-35-26(18)22)29-17-8-9-19-24(12-17)34-14-25(19)36-15(2)32;;/h4-12,21,25,29H,3,13-14H2,1-2H3;;/q;+1;-1/t21-,25-;;/m1../s1. The van der Waals surface area contributed by atoms with E-state index in [-0.39, 0.29) is 54.9 Å². The number of imidazole rings is 1. The Bertz CT molecular complexity index is 1500. The van der Waals surface area contributed by atoms with Crippen molar-refractivity contribution in [2.24, 2.45) is 0 Å². The molecular weight excluding hydrogens is 488 g/mol. The predicted octanol–water partition coefficient (Wildman–Crippen LogP) is 2.22. The summed E-state index contributed by atoms with van der Waals surface area (Å²) in [4.78, 5) is 15.9. The molecule has 0 amide bonds. The first-order valence-electron chi connectivity index (χ1n) is 11.8. The molecular formula is C27H25FN3NaO5. The molecule has 10 heteroatoms. The summed E-state index contributed by atoms with van der Waals surface area (Å²) >= 11 is 0. The molecule has 4 aromatic rings. The molecule has 37 heavy (non-hydrogen) atoms. The first-order valence-corrected chi connectivity index (χ1v) is 11.8. The number of esters is 1. The summed E-state index contributed by atoms with van der Waals surface area (Å²) < 4.78 is 38.9. The first kappa shape index (κ1) is 25.4. The summed E-state index contributed by atoms with van der Waals surface area (Å²) in [5, 5.41) is 3.51. The van der Waals surface area contributed by atoms with Gasteiger partial charge < -0.3 is 25.7 Å². The van der Waals surface area contributed by atoms with Gasteiger partial charge in [0.2, 0.25) is 0 Å². The van der Waals surface area contributed by atoms with E-state index in [1.807, 2.05) is 43.3 Å². The maximum absolute atomic E-state index is 14.1. The Labute approximate surface area is 236 Å². The van der Waals surface area contributed by atoms with Crippen LogP contribution >= 0.6 is 0 Å². The van der Waals surface area contributed by atoms with E-state index in [0.717, 1.165) is 22.5 Å². The molecule has 6 rings (SSSR count). The Kier molecular flexibility index (Phi) is 7.02. The molecule has 186 valence electrons. The second kappa shape index (κ2) is 10.2. The van der Waals surface area contributed by atoms with Gasteiger partial charge in [-0.3, -0.25) is 9.36 Å². The molecule has 3 aromatic carbocycles. The molecule has 0 fully saturated rings. The second-order valence-electron chi connectivity index (χ2n) is 8.66. The number of halogens is 1.